The molecule has 3 rings (SSSR count). The van der Waals surface area contributed by atoms with Crippen LogP contribution in [0.25, 0.3) is 6.08 Å². The van der Waals surface area contributed by atoms with Gasteiger partial charge in [0.1, 0.15) is 28.2 Å². The van der Waals surface area contributed by atoms with Crippen molar-refractivity contribution in [3.05, 3.63) is 63.3 Å². The SMILES string of the molecule is COc1ccc(C=C2SC(=S)NC2=O)cc1COc1ccc(F)cc1Cl. The topological polar surface area (TPSA) is 47.6 Å². The van der Waals surface area contributed by atoms with E-state index in [9.17, 15) is 9.18 Å². The summed E-state index contributed by atoms with van der Waals surface area (Å²) < 4.78 is 24.6. The fourth-order valence-corrected chi connectivity index (χ4v) is 3.59. The van der Waals surface area contributed by atoms with Gasteiger partial charge >= 0.3 is 0 Å². The first-order chi connectivity index (χ1) is 12.5. The number of ether oxygens (including phenoxy) is 2. The summed E-state index contributed by atoms with van der Waals surface area (Å²) in [6.45, 7) is 0.170. The number of carbonyl (C=O) groups excluding carboxylic acids is 1. The van der Waals surface area contributed by atoms with Gasteiger partial charge in [0.25, 0.3) is 5.91 Å². The minimum absolute atomic E-state index is 0.170. The molecule has 8 heteroatoms. The van der Waals surface area contributed by atoms with Gasteiger partial charge in [-0.05, 0) is 42.0 Å². The molecule has 1 aliphatic rings. The monoisotopic (exact) mass is 409 g/mol. The first-order valence-electron chi connectivity index (χ1n) is 7.46. The summed E-state index contributed by atoms with van der Waals surface area (Å²) in [5.74, 6) is 0.352. The number of methoxy groups -OCH3 is 1. The lowest BCUT2D eigenvalue weighted by molar-refractivity contribution is -0.115. The fraction of sp³-hybridized carbons (Fsp3) is 0.111. The summed E-state index contributed by atoms with van der Waals surface area (Å²) in [6, 6.07) is 9.39. The maximum absolute atomic E-state index is 13.1. The van der Waals surface area contributed by atoms with Crippen molar-refractivity contribution < 1.29 is 18.7 Å². The highest BCUT2D eigenvalue weighted by atomic mass is 35.5. The molecule has 0 unspecified atom stereocenters. The van der Waals surface area contributed by atoms with E-state index in [2.05, 4.69) is 5.32 Å². The summed E-state index contributed by atoms with van der Waals surface area (Å²) in [5.41, 5.74) is 1.56. The summed E-state index contributed by atoms with van der Waals surface area (Å²) in [6.07, 6.45) is 1.74. The van der Waals surface area contributed by atoms with Gasteiger partial charge in [0.2, 0.25) is 0 Å². The summed E-state index contributed by atoms with van der Waals surface area (Å²) >= 11 is 12.2. The van der Waals surface area contributed by atoms with E-state index < -0.39 is 5.82 Å². The number of halogens is 2. The number of benzene rings is 2. The van der Waals surface area contributed by atoms with Crippen molar-refractivity contribution in [1.29, 1.82) is 0 Å². The summed E-state index contributed by atoms with van der Waals surface area (Å²) in [4.78, 5) is 12.3. The van der Waals surface area contributed by atoms with Crippen molar-refractivity contribution in [2.75, 3.05) is 7.11 Å². The Kier molecular flexibility index (Phi) is 5.80. The van der Waals surface area contributed by atoms with Crippen molar-refractivity contribution in [3.8, 4) is 11.5 Å². The number of thiocarbonyl (C=S) groups is 1. The van der Waals surface area contributed by atoms with E-state index in [1.165, 1.54) is 30.0 Å². The number of hydrogen-bond donors (Lipinski definition) is 1. The molecule has 26 heavy (non-hydrogen) atoms. The first-order valence-corrected chi connectivity index (χ1v) is 9.06. The predicted molar refractivity (Wildman–Crippen MR) is 105 cm³/mol. The lowest BCUT2D eigenvalue weighted by Gasteiger charge is -2.12. The number of carbonyl (C=O) groups is 1. The third-order valence-corrected chi connectivity index (χ3v) is 4.98. The van der Waals surface area contributed by atoms with Gasteiger partial charge in [0.05, 0.1) is 17.0 Å². The molecule has 0 aliphatic carbocycles. The van der Waals surface area contributed by atoms with E-state index in [4.69, 9.17) is 33.3 Å². The summed E-state index contributed by atoms with van der Waals surface area (Å²) in [5, 5.41) is 2.76. The molecule has 0 aromatic heterocycles. The van der Waals surface area contributed by atoms with E-state index in [-0.39, 0.29) is 17.5 Å². The van der Waals surface area contributed by atoms with Gasteiger partial charge in [-0.15, -0.1) is 0 Å². The quantitative estimate of drug-likeness (QED) is 0.579. The molecule has 0 atom stereocenters. The highest BCUT2D eigenvalue weighted by molar-refractivity contribution is 8.26. The van der Waals surface area contributed by atoms with Crippen LogP contribution >= 0.6 is 35.6 Å². The predicted octanol–water partition coefficient (Wildman–Crippen LogP) is 4.56. The van der Waals surface area contributed by atoms with E-state index in [0.717, 1.165) is 11.1 Å². The van der Waals surface area contributed by atoms with Crippen LogP contribution < -0.4 is 14.8 Å². The zero-order valence-corrected chi connectivity index (χ0v) is 15.9. The smallest absolute Gasteiger partial charge is 0.263 e. The van der Waals surface area contributed by atoms with Crippen LogP contribution in [0.3, 0.4) is 0 Å². The molecule has 4 nitrogen and oxygen atoms in total. The number of thioether (sulfide) groups is 1. The molecular weight excluding hydrogens is 397 g/mol. The third-order valence-electron chi connectivity index (χ3n) is 3.52. The second-order valence-corrected chi connectivity index (χ2v) is 7.41. The molecule has 2 aromatic carbocycles. The number of hydrogen-bond acceptors (Lipinski definition) is 5. The van der Waals surface area contributed by atoms with Gasteiger partial charge in [-0.3, -0.25) is 4.79 Å². The normalized spacial score (nSPS) is 15.3. The average Bonchev–Trinajstić information content (AvgIpc) is 2.91. The van der Waals surface area contributed by atoms with Crippen LogP contribution in [0.1, 0.15) is 11.1 Å². The first kappa shape index (κ1) is 18.7. The second kappa shape index (κ2) is 8.07. The molecule has 2 aromatic rings. The molecule has 1 aliphatic heterocycles. The molecule has 0 saturated carbocycles. The van der Waals surface area contributed by atoms with Crippen molar-refractivity contribution >= 4 is 51.9 Å². The molecule has 0 bridgehead atoms. The molecule has 1 fully saturated rings. The maximum atomic E-state index is 13.1. The van der Waals surface area contributed by atoms with E-state index >= 15 is 0 Å². The van der Waals surface area contributed by atoms with Crippen molar-refractivity contribution in [2.24, 2.45) is 0 Å². The molecule has 134 valence electrons. The zero-order valence-electron chi connectivity index (χ0n) is 13.5. The van der Waals surface area contributed by atoms with Gasteiger partial charge in [-0.2, -0.15) is 0 Å². The number of rotatable bonds is 5. The third kappa shape index (κ3) is 4.35. The standard InChI is InChI=1S/C18H13ClFNO3S2/c1-23-14-4-2-10(7-16-17(22)21-18(25)26-16)6-11(14)9-24-15-5-3-12(20)8-13(15)19/h2-8H,9H2,1H3,(H,21,22,25). The van der Waals surface area contributed by atoms with Gasteiger partial charge in [0.15, 0.2) is 0 Å². The Morgan fingerprint density at radius 2 is 2.04 bits per heavy atom. The van der Waals surface area contributed by atoms with E-state index in [1.807, 2.05) is 12.1 Å². The fourth-order valence-electron chi connectivity index (χ4n) is 2.32. The Morgan fingerprint density at radius 3 is 2.69 bits per heavy atom. The number of amides is 1. The van der Waals surface area contributed by atoms with Gasteiger partial charge in [-0.1, -0.05) is 41.6 Å². The van der Waals surface area contributed by atoms with Crippen molar-refractivity contribution in [1.82, 2.24) is 5.32 Å². The van der Waals surface area contributed by atoms with E-state index in [1.54, 1.807) is 19.3 Å². The Hall–Kier alpha value is -2.09. The van der Waals surface area contributed by atoms with Crippen molar-refractivity contribution in [2.45, 2.75) is 6.61 Å². The number of nitrogens with one attached hydrogen (secondary N) is 1. The van der Waals surface area contributed by atoms with Crippen LogP contribution in [-0.4, -0.2) is 17.3 Å². The van der Waals surface area contributed by atoms with Gasteiger partial charge in [-0.25, -0.2) is 4.39 Å². The van der Waals surface area contributed by atoms with Gasteiger partial charge in [0, 0.05) is 5.56 Å². The Balaban J connectivity index is 1.83. The molecule has 0 radical (unpaired) electrons. The molecule has 1 heterocycles. The molecule has 1 saturated heterocycles. The lowest BCUT2D eigenvalue weighted by atomic mass is 10.1. The average molecular weight is 410 g/mol. The van der Waals surface area contributed by atoms with Crippen LogP contribution in [0, 0.1) is 5.82 Å². The Morgan fingerprint density at radius 1 is 1.27 bits per heavy atom. The van der Waals surface area contributed by atoms with Gasteiger partial charge < -0.3 is 14.8 Å². The minimum atomic E-state index is -0.432. The molecule has 1 amide bonds. The molecular formula is C18H13ClFNO3S2. The Labute approximate surface area is 164 Å². The molecule has 0 spiro atoms. The highest BCUT2D eigenvalue weighted by Crippen LogP contribution is 2.30. The van der Waals surface area contributed by atoms with Crippen LogP contribution in [-0.2, 0) is 11.4 Å². The lowest BCUT2D eigenvalue weighted by Crippen LogP contribution is -2.17. The summed E-state index contributed by atoms with van der Waals surface area (Å²) in [7, 11) is 1.56. The van der Waals surface area contributed by atoms with Crippen LogP contribution in [0.2, 0.25) is 5.02 Å². The largest absolute Gasteiger partial charge is 0.496 e. The zero-order chi connectivity index (χ0) is 18.7. The van der Waals surface area contributed by atoms with Crippen LogP contribution in [0.15, 0.2) is 41.3 Å². The Bertz CT molecular complexity index is 917. The minimum Gasteiger partial charge on any atom is -0.496 e. The van der Waals surface area contributed by atoms with Crippen LogP contribution in [0.5, 0.6) is 11.5 Å². The van der Waals surface area contributed by atoms with Crippen LogP contribution in [0.4, 0.5) is 4.39 Å². The maximum Gasteiger partial charge on any atom is 0.263 e. The van der Waals surface area contributed by atoms with Crippen molar-refractivity contribution in [3.63, 3.8) is 0 Å². The van der Waals surface area contributed by atoms with E-state index in [0.29, 0.717) is 20.7 Å². The second-order valence-electron chi connectivity index (χ2n) is 5.29. The molecule has 1 N–H and O–H groups in total. The highest BCUT2D eigenvalue weighted by Gasteiger charge is 2.22.